The maximum Gasteiger partial charge on any atom is 0.257 e. The fraction of sp³-hybridized carbons (Fsp3) is 0.0833. The lowest BCUT2D eigenvalue weighted by atomic mass is 10.2. The van der Waals surface area contributed by atoms with Crippen LogP contribution in [0.25, 0.3) is 0 Å². The molecule has 0 bridgehead atoms. The van der Waals surface area contributed by atoms with Gasteiger partial charge in [0, 0.05) is 31.1 Å². The third kappa shape index (κ3) is 2.57. The molecule has 0 radical (unpaired) electrons. The van der Waals surface area contributed by atoms with Crippen LogP contribution in [0.15, 0.2) is 41.5 Å². The summed E-state index contributed by atoms with van der Waals surface area (Å²) in [5, 5.41) is 2.89. The molecule has 6 heteroatoms. The van der Waals surface area contributed by atoms with Gasteiger partial charge in [-0.1, -0.05) is 11.6 Å². The number of nitrogens with zero attached hydrogens (tertiary/aromatic N) is 2. The number of carbonyl (C=O) groups is 1. The number of halogens is 1. The van der Waals surface area contributed by atoms with E-state index >= 15 is 0 Å². The maximum absolute atomic E-state index is 11.9. The number of nitrogens with one attached hydrogen (secondary N) is 1. The molecular formula is C12H10ClN3O2. The molecule has 0 aliphatic rings. The third-order valence-corrected chi connectivity index (χ3v) is 2.66. The molecule has 2 heterocycles. The summed E-state index contributed by atoms with van der Waals surface area (Å²) in [6.45, 7) is 0. The predicted molar refractivity (Wildman–Crippen MR) is 68.9 cm³/mol. The number of carbonyl (C=O) groups excluding carboxylic acids is 1. The summed E-state index contributed by atoms with van der Waals surface area (Å²) in [5.74, 6) is -0.154. The number of anilines is 1. The van der Waals surface area contributed by atoms with Crippen LogP contribution in [0.1, 0.15) is 10.4 Å². The van der Waals surface area contributed by atoms with Gasteiger partial charge < -0.3 is 9.88 Å². The second-order valence-corrected chi connectivity index (χ2v) is 4.06. The molecule has 0 aliphatic heterocycles. The van der Waals surface area contributed by atoms with Gasteiger partial charge in [-0.3, -0.25) is 9.59 Å². The Morgan fingerprint density at radius 2 is 2.22 bits per heavy atom. The Morgan fingerprint density at radius 3 is 2.89 bits per heavy atom. The molecule has 1 amide bonds. The zero-order valence-electron chi connectivity index (χ0n) is 9.55. The van der Waals surface area contributed by atoms with Gasteiger partial charge >= 0.3 is 0 Å². The van der Waals surface area contributed by atoms with E-state index in [4.69, 9.17) is 11.6 Å². The van der Waals surface area contributed by atoms with Crippen LogP contribution in [0.4, 0.5) is 5.82 Å². The van der Waals surface area contributed by atoms with Gasteiger partial charge in [-0.25, -0.2) is 4.98 Å². The van der Waals surface area contributed by atoms with Crippen molar-refractivity contribution in [2.45, 2.75) is 0 Å². The molecule has 18 heavy (non-hydrogen) atoms. The monoisotopic (exact) mass is 263 g/mol. The normalized spacial score (nSPS) is 10.1. The van der Waals surface area contributed by atoms with E-state index in [0.29, 0.717) is 5.02 Å². The Hall–Kier alpha value is -2.14. The highest BCUT2D eigenvalue weighted by Crippen LogP contribution is 2.17. The van der Waals surface area contributed by atoms with Crippen LogP contribution in [-0.2, 0) is 7.05 Å². The lowest BCUT2D eigenvalue weighted by molar-refractivity contribution is 0.102. The topological polar surface area (TPSA) is 64.0 Å². The van der Waals surface area contributed by atoms with E-state index in [1.165, 1.54) is 23.0 Å². The zero-order valence-corrected chi connectivity index (χ0v) is 10.3. The third-order valence-electron chi connectivity index (χ3n) is 2.36. The zero-order chi connectivity index (χ0) is 13.1. The number of aromatic nitrogens is 2. The van der Waals surface area contributed by atoms with Gasteiger partial charge in [0.25, 0.3) is 11.5 Å². The summed E-state index contributed by atoms with van der Waals surface area (Å²) >= 11 is 5.87. The van der Waals surface area contributed by atoms with Crippen LogP contribution < -0.4 is 10.9 Å². The molecule has 0 saturated carbocycles. The summed E-state index contributed by atoms with van der Waals surface area (Å²) in [6.07, 6.45) is 3.04. The van der Waals surface area contributed by atoms with Gasteiger partial charge in [-0.05, 0) is 18.2 Å². The van der Waals surface area contributed by atoms with E-state index in [-0.39, 0.29) is 16.9 Å². The standard InChI is InChI=1S/C12H10ClN3O2/c1-16-6-4-8(7-10(16)17)12(18)15-11-9(13)3-2-5-14-11/h2-7H,1H3,(H,14,15,18). The SMILES string of the molecule is Cn1ccc(C(=O)Nc2ncccc2Cl)cc1=O. The first-order chi connectivity index (χ1) is 8.58. The predicted octanol–water partition coefficient (Wildman–Crippen LogP) is 1.69. The van der Waals surface area contributed by atoms with Gasteiger partial charge in [0.1, 0.15) is 0 Å². The van der Waals surface area contributed by atoms with E-state index in [9.17, 15) is 9.59 Å². The highest BCUT2D eigenvalue weighted by atomic mass is 35.5. The number of hydrogen-bond donors (Lipinski definition) is 1. The average molecular weight is 264 g/mol. The minimum absolute atomic E-state index is 0.255. The average Bonchev–Trinajstić information content (AvgIpc) is 2.35. The summed E-state index contributed by atoms with van der Waals surface area (Å²) in [4.78, 5) is 27.2. The summed E-state index contributed by atoms with van der Waals surface area (Å²) in [5.41, 5.74) is 0.00888. The fourth-order valence-corrected chi connectivity index (χ4v) is 1.52. The minimum atomic E-state index is -0.423. The lowest BCUT2D eigenvalue weighted by Crippen LogP contribution is -2.20. The Balaban J connectivity index is 2.25. The van der Waals surface area contributed by atoms with Gasteiger partial charge in [0.2, 0.25) is 0 Å². The van der Waals surface area contributed by atoms with Crippen molar-refractivity contribution in [2.24, 2.45) is 7.05 Å². The Labute approximate surface area is 108 Å². The van der Waals surface area contributed by atoms with Crippen molar-refractivity contribution in [3.63, 3.8) is 0 Å². The molecule has 2 rings (SSSR count). The molecule has 0 saturated heterocycles. The van der Waals surface area contributed by atoms with Crippen molar-refractivity contribution in [1.29, 1.82) is 0 Å². The fourth-order valence-electron chi connectivity index (χ4n) is 1.35. The van der Waals surface area contributed by atoms with E-state index in [2.05, 4.69) is 10.3 Å². The quantitative estimate of drug-likeness (QED) is 0.897. The molecule has 0 unspecified atom stereocenters. The molecule has 0 atom stereocenters. The van der Waals surface area contributed by atoms with Gasteiger partial charge in [0.15, 0.2) is 5.82 Å². The number of pyridine rings is 2. The van der Waals surface area contributed by atoms with Crippen LogP contribution in [0.5, 0.6) is 0 Å². The number of amides is 1. The Morgan fingerprint density at radius 1 is 1.44 bits per heavy atom. The highest BCUT2D eigenvalue weighted by Gasteiger charge is 2.09. The molecular weight excluding hydrogens is 254 g/mol. The molecule has 2 aromatic rings. The number of aryl methyl sites for hydroxylation is 1. The maximum atomic E-state index is 11.9. The largest absolute Gasteiger partial charge is 0.319 e. The molecule has 0 aromatic carbocycles. The van der Waals surface area contributed by atoms with Crippen LogP contribution in [-0.4, -0.2) is 15.5 Å². The summed E-state index contributed by atoms with van der Waals surface area (Å²) in [6, 6.07) is 6.09. The molecule has 0 spiro atoms. The van der Waals surface area contributed by atoms with Gasteiger partial charge in [-0.15, -0.1) is 0 Å². The highest BCUT2D eigenvalue weighted by molar-refractivity contribution is 6.33. The van der Waals surface area contributed by atoms with Crippen molar-refractivity contribution in [2.75, 3.05) is 5.32 Å². The van der Waals surface area contributed by atoms with Crippen molar-refractivity contribution < 1.29 is 4.79 Å². The van der Waals surface area contributed by atoms with Crippen LogP contribution in [0, 0.1) is 0 Å². The smallest absolute Gasteiger partial charge is 0.257 e. The Bertz CT molecular complexity index is 652. The van der Waals surface area contributed by atoms with E-state index in [0.717, 1.165) is 0 Å². The first kappa shape index (κ1) is 12.3. The van der Waals surface area contributed by atoms with Gasteiger partial charge in [0.05, 0.1) is 5.02 Å². The summed E-state index contributed by atoms with van der Waals surface area (Å²) in [7, 11) is 1.61. The van der Waals surface area contributed by atoms with Crippen molar-refractivity contribution in [3.8, 4) is 0 Å². The first-order valence-electron chi connectivity index (χ1n) is 5.16. The van der Waals surface area contributed by atoms with E-state index < -0.39 is 5.91 Å². The second kappa shape index (κ2) is 5.01. The van der Waals surface area contributed by atoms with Crippen molar-refractivity contribution >= 4 is 23.3 Å². The van der Waals surface area contributed by atoms with Crippen LogP contribution >= 0.6 is 11.6 Å². The van der Waals surface area contributed by atoms with Crippen molar-refractivity contribution in [3.05, 3.63) is 57.6 Å². The molecule has 92 valence electrons. The van der Waals surface area contributed by atoms with Crippen molar-refractivity contribution in [1.82, 2.24) is 9.55 Å². The lowest BCUT2D eigenvalue weighted by Gasteiger charge is -2.06. The minimum Gasteiger partial charge on any atom is -0.319 e. The second-order valence-electron chi connectivity index (χ2n) is 3.65. The Kier molecular flexibility index (Phi) is 3.43. The molecule has 5 nitrogen and oxygen atoms in total. The molecule has 0 fully saturated rings. The molecule has 1 N–H and O–H groups in total. The van der Waals surface area contributed by atoms with Gasteiger partial charge in [-0.2, -0.15) is 0 Å². The van der Waals surface area contributed by atoms with Crippen LogP contribution in [0.3, 0.4) is 0 Å². The van der Waals surface area contributed by atoms with Crippen LogP contribution in [0.2, 0.25) is 5.02 Å². The molecule has 2 aromatic heterocycles. The number of hydrogen-bond acceptors (Lipinski definition) is 3. The number of rotatable bonds is 2. The molecule has 0 aliphatic carbocycles. The van der Waals surface area contributed by atoms with E-state index in [1.807, 2.05) is 0 Å². The van der Waals surface area contributed by atoms with E-state index in [1.54, 1.807) is 25.2 Å². The first-order valence-corrected chi connectivity index (χ1v) is 5.54. The summed E-state index contributed by atoms with van der Waals surface area (Å²) < 4.78 is 1.38.